The van der Waals surface area contributed by atoms with Crippen LogP contribution in [-0.4, -0.2) is 42.3 Å². The first kappa shape index (κ1) is 16.2. The van der Waals surface area contributed by atoms with Gasteiger partial charge in [0, 0.05) is 12.5 Å². The number of carbonyl (C=O) groups is 1. The lowest BCUT2D eigenvalue weighted by Gasteiger charge is -2.23. The van der Waals surface area contributed by atoms with E-state index < -0.39 is 0 Å². The fraction of sp³-hybridized carbons (Fsp3) is 0.533. The lowest BCUT2D eigenvalue weighted by molar-refractivity contribution is -0.119. The second-order valence-corrected chi connectivity index (χ2v) is 5.87. The van der Waals surface area contributed by atoms with Gasteiger partial charge in [0.15, 0.2) is 5.78 Å². The van der Waals surface area contributed by atoms with Crippen molar-refractivity contribution in [3.05, 3.63) is 35.6 Å². The Morgan fingerprint density at radius 3 is 2.58 bits per heavy atom. The van der Waals surface area contributed by atoms with Gasteiger partial charge in [-0.15, -0.1) is 0 Å². The van der Waals surface area contributed by atoms with Crippen molar-refractivity contribution in [2.45, 2.75) is 25.8 Å². The molecule has 0 aromatic heterocycles. The molecular weight excluding hydrogens is 261 g/mol. The van der Waals surface area contributed by atoms with E-state index in [1.165, 1.54) is 12.1 Å². The summed E-state index contributed by atoms with van der Waals surface area (Å²) in [7, 11) is 1.98. The molecule has 0 spiro atoms. The van der Waals surface area contributed by atoms with Crippen LogP contribution in [0.15, 0.2) is 24.3 Å². The van der Waals surface area contributed by atoms with Gasteiger partial charge in [0.05, 0.1) is 6.54 Å². The van der Waals surface area contributed by atoms with E-state index in [1.807, 2.05) is 18.8 Å². The van der Waals surface area contributed by atoms with Crippen molar-refractivity contribution in [3.63, 3.8) is 0 Å². The second-order valence-electron chi connectivity index (χ2n) is 4.89. The zero-order chi connectivity index (χ0) is 14.3. The van der Waals surface area contributed by atoms with Gasteiger partial charge in [0.25, 0.3) is 0 Å². The summed E-state index contributed by atoms with van der Waals surface area (Å²) in [6.07, 6.45) is 3.55. The number of ketones is 1. The van der Waals surface area contributed by atoms with Gasteiger partial charge in [0.1, 0.15) is 5.82 Å². The Morgan fingerprint density at radius 2 is 2.00 bits per heavy atom. The van der Waals surface area contributed by atoms with Crippen molar-refractivity contribution >= 4 is 17.5 Å². The maximum atomic E-state index is 12.8. The van der Waals surface area contributed by atoms with E-state index in [9.17, 15) is 9.18 Å². The van der Waals surface area contributed by atoms with Gasteiger partial charge in [-0.3, -0.25) is 9.69 Å². The third-order valence-corrected chi connectivity index (χ3v) is 3.88. The summed E-state index contributed by atoms with van der Waals surface area (Å²) in [4.78, 5) is 14.0. The Kier molecular flexibility index (Phi) is 7.10. The second kappa shape index (κ2) is 8.33. The summed E-state index contributed by atoms with van der Waals surface area (Å²) in [6, 6.07) is 6.54. The standard InChI is InChI=1S/C15H22FNOS/c1-12(8-9-19-3)17(2)11-15(18)10-13-4-6-14(16)7-5-13/h4-7,12H,8-11H2,1-3H3. The van der Waals surface area contributed by atoms with Gasteiger partial charge < -0.3 is 0 Å². The van der Waals surface area contributed by atoms with E-state index in [4.69, 9.17) is 0 Å². The third-order valence-electron chi connectivity index (χ3n) is 3.23. The third kappa shape index (κ3) is 6.21. The van der Waals surface area contributed by atoms with E-state index >= 15 is 0 Å². The fourth-order valence-corrected chi connectivity index (χ4v) is 2.41. The number of hydrogen-bond donors (Lipinski definition) is 0. The highest BCUT2D eigenvalue weighted by molar-refractivity contribution is 7.98. The van der Waals surface area contributed by atoms with Crippen LogP contribution in [0.25, 0.3) is 0 Å². The molecule has 19 heavy (non-hydrogen) atoms. The molecule has 1 aromatic rings. The Hall–Kier alpha value is -0.870. The summed E-state index contributed by atoms with van der Waals surface area (Å²) in [5, 5.41) is 0. The van der Waals surface area contributed by atoms with Crippen LogP contribution < -0.4 is 0 Å². The van der Waals surface area contributed by atoms with Gasteiger partial charge in [-0.1, -0.05) is 12.1 Å². The first-order valence-electron chi connectivity index (χ1n) is 6.48. The van der Waals surface area contributed by atoms with Gasteiger partial charge in [-0.2, -0.15) is 11.8 Å². The normalized spacial score (nSPS) is 12.7. The molecule has 1 atom stereocenters. The molecule has 0 aliphatic carbocycles. The number of likely N-dealkylation sites (N-methyl/N-ethyl adjacent to an activating group) is 1. The van der Waals surface area contributed by atoms with E-state index in [2.05, 4.69) is 18.1 Å². The number of hydrogen-bond acceptors (Lipinski definition) is 3. The average molecular weight is 283 g/mol. The molecule has 4 heteroatoms. The molecule has 0 fully saturated rings. The van der Waals surface area contributed by atoms with Gasteiger partial charge in [0.2, 0.25) is 0 Å². The van der Waals surface area contributed by atoms with Crippen LogP contribution >= 0.6 is 11.8 Å². The molecule has 106 valence electrons. The molecule has 2 nitrogen and oxygen atoms in total. The number of halogens is 1. The summed E-state index contributed by atoms with van der Waals surface area (Å²) < 4.78 is 12.8. The van der Waals surface area contributed by atoms with Crippen LogP contribution in [-0.2, 0) is 11.2 Å². The number of benzene rings is 1. The average Bonchev–Trinajstić information content (AvgIpc) is 2.38. The molecular formula is C15H22FNOS. The zero-order valence-corrected chi connectivity index (χ0v) is 12.7. The van der Waals surface area contributed by atoms with Crippen LogP contribution in [0.1, 0.15) is 18.9 Å². The molecule has 0 radical (unpaired) electrons. The summed E-state index contributed by atoms with van der Waals surface area (Å²) in [5.41, 5.74) is 0.872. The van der Waals surface area contributed by atoms with Crippen LogP contribution in [0.4, 0.5) is 4.39 Å². The predicted molar refractivity (Wildman–Crippen MR) is 80.2 cm³/mol. The van der Waals surface area contributed by atoms with E-state index in [1.54, 1.807) is 12.1 Å². The Balaban J connectivity index is 2.40. The van der Waals surface area contributed by atoms with Crippen molar-refractivity contribution in [2.24, 2.45) is 0 Å². The highest BCUT2D eigenvalue weighted by atomic mass is 32.2. The molecule has 0 aliphatic heterocycles. The lowest BCUT2D eigenvalue weighted by Crippen LogP contribution is -2.34. The molecule has 0 saturated carbocycles. The molecule has 1 rings (SSSR count). The number of rotatable bonds is 8. The largest absolute Gasteiger partial charge is 0.298 e. The molecule has 0 amide bonds. The van der Waals surface area contributed by atoms with E-state index in [0.717, 1.165) is 17.7 Å². The first-order chi connectivity index (χ1) is 9.02. The monoisotopic (exact) mass is 283 g/mol. The van der Waals surface area contributed by atoms with Crippen LogP contribution in [0.2, 0.25) is 0 Å². The minimum Gasteiger partial charge on any atom is -0.298 e. The Labute approximate surface area is 119 Å². The Bertz CT molecular complexity index is 394. The molecule has 1 unspecified atom stereocenters. The quantitative estimate of drug-likeness (QED) is 0.731. The highest BCUT2D eigenvalue weighted by Gasteiger charge is 2.13. The fourth-order valence-electron chi connectivity index (χ4n) is 1.83. The molecule has 0 bridgehead atoms. The maximum absolute atomic E-state index is 12.8. The molecule has 0 saturated heterocycles. The topological polar surface area (TPSA) is 20.3 Å². The molecule has 0 aliphatic rings. The van der Waals surface area contributed by atoms with E-state index in [-0.39, 0.29) is 11.6 Å². The number of nitrogens with zero attached hydrogens (tertiary/aromatic N) is 1. The minimum absolute atomic E-state index is 0.171. The van der Waals surface area contributed by atoms with Crippen molar-refractivity contribution < 1.29 is 9.18 Å². The lowest BCUT2D eigenvalue weighted by atomic mass is 10.1. The maximum Gasteiger partial charge on any atom is 0.151 e. The highest BCUT2D eigenvalue weighted by Crippen LogP contribution is 2.08. The van der Waals surface area contributed by atoms with Crippen LogP contribution in [0, 0.1) is 5.82 Å². The first-order valence-corrected chi connectivity index (χ1v) is 7.87. The molecule has 0 heterocycles. The van der Waals surface area contributed by atoms with Crippen molar-refractivity contribution in [1.82, 2.24) is 4.90 Å². The predicted octanol–water partition coefficient (Wildman–Crippen LogP) is 3.01. The van der Waals surface area contributed by atoms with Gasteiger partial charge in [-0.25, -0.2) is 4.39 Å². The van der Waals surface area contributed by atoms with Crippen molar-refractivity contribution in [1.29, 1.82) is 0 Å². The molecule has 1 aromatic carbocycles. The van der Waals surface area contributed by atoms with Gasteiger partial charge in [-0.05, 0) is 50.1 Å². The van der Waals surface area contributed by atoms with E-state index in [0.29, 0.717) is 19.0 Å². The summed E-state index contributed by atoms with van der Waals surface area (Å²) in [6.45, 7) is 2.59. The Morgan fingerprint density at radius 1 is 1.37 bits per heavy atom. The smallest absolute Gasteiger partial charge is 0.151 e. The molecule has 0 N–H and O–H groups in total. The number of Topliss-reactive ketones (excluding diaryl/α,β-unsaturated/α-hetero) is 1. The van der Waals surface area contributed by atoms with Crippen molar-refractivity contribution in [2.75, 3.05) is 25.6 Å². The summed E-state index contributed by atoms with van der Waals surface area (Å²) in [5.74, 6) is 1.02. The van der Waals surface area contributed by atoms with Crippen LogP contribution in [0.5, 0.6) is 0 Å². The minimum atomic E-state index is -0.265. The number of thioether (sulfide) groups is 1. The van der Waals surface area contributed by atoms with Crippen LogP contribution in [0.3, 0.4) is 0 Å². The van der Waals surface area contributed by atoms with Gasteiger partial charge >= 0.3 is 0 Å². The zero-order valence-electron chi connectivity index (χ0n) is 11.9. The summed E-state index contributed by atoms with van der Waals surface area (Å²) >= 11 is 1.82. The SMILES string of the molecule is CSCCC(C)N(C)CC(=O)Cc1ccc(F)cc1. The van der Waals surface area contributed by atoms with Crippen molar-refractivity contribution in [3.8, 4) is 0 Å². The number of carbonyl (C=O) groups excluding carboxylic acids is 1.